The molecule has 0 aliphatic heterocycles. The minimum absolute atomic E-state index is 0.204. The second kappa shape index (κ2) is 7.01. The van der Waals surface area contributed by atoms with Gasteiger partial charge in [0.2, 0.25) is 0 Å². The predicted octanol–water partition coefficient (Wildman–Crippen LogP) is 2.72. The van der Waals surface area contributed by atoms with Crippen LogP contribution in [0, 0.1) is 0 Å². The predicted molar refractivity (Wildman–Crippen MR) is 68.4 cm³/mol. The molecule has 0 fully saturated rings. The fourth-order valence-corrected chi connectivity index (χ4v) is 2.10. The number of hydrogen-bond donors (Lipinski definition) is 1. The van der Waals surface area contributed by atoms with Gasteiger partial charge in [-0.2, -0.15) is 0 Å². The van der Waals surface area contributed by atoms with E-state index in [2.05, 4.69) is 34.2 Å². The summed E-state index contributed by atoms with van der Waals surface area (Å²) in [5, 5.41) is 3.36. The highest BCUT2D eigenvalue weighted by Gasteiger charge is 2.11. The van der Waals surface area contributed by atoms with E-state index in [9.17, 15) is 0 Å². The van der Waals surface area contributed by atoms with Crippen LogP contribution in [0.5, 0.6) is 0 Å². The monoisotopic (exact) mass is 287 g/mol. The number of halogens is 1. The van der Waals surface area contributed by atoms with Crippen LogP contribution in [0.25, 0.3) is 0 Å². The molecule has 1 atom stereocenters. The van der Waals surface area contributed by atoms with Gasteiger partial charge in [0.25, 0.3) is 0 Å². The van der Waals surface area contributed by atoms with Gasteiger partial charge in [-0.05, 0) is 18.6 Å². The van der Waals surface area contributed by atoms with Crippen molar-refractivity contribution in [3.63, 3.8) is 0 Å². The van der Waals surface area contributed by atoms with Crippen LogP contribution in [0.2, 0.25) is 0 Å². The highest BCUT2D eigenvalue weighted by atomic mass is 79.9. The van der Waals surface area contributed by atoms with Crippen molar-refractivity contribution in [3.05, 3.63) is 34.3 Å². The topological polar surface area (TPSA) is 30.5 Å². The second-order valence-corrected chi connectivity index (χ2v) is 4.41. The van der Waals surface area contributed by atoms with E-state index in [0.717, 1.165) is 4.47 Å². The quantitative estimate of drug-likeness (QED) is 0.816. The highest BCUT2D eigenvalue weighted by Crippen LogP contribution is 2.22. The minimum atomic E-state index is -0.204. The number of nitrogens with one attached hydrogen (secondary N) is 1. The number of rotatable bonds is 6. The Hall–Kier alpha value is -0.420. The summed E-state index contributed by atoms with van der Waals surface area (Å²) in [7, 11) is 3.28. The van der Waals surface area contributed by atoms with Crippen molar-refractivity contribution in [1.29, 1.82) is 0 Å². The summed E-state index contributed by atoms with van der Waals surface area (Å²) in [4.78, 5) is 0. The maximum atomic E-state index is 5.12. The first kappa shape index (κ1) is 13.6. The number of methoxy groups -OCH3 is 2. The van der Waals surface area contributed by atoms with Gasteiger partial charge in [-0.25, -0.2) is 0 Å². The molecule has 0 heterocycles. The van der Waals surface area contributed by atoms with E-state index in [-0.39, 0.29) is 12.3 Å². The Morgan fingerprint density at radius 3 is 2.44 bits per heavy atom. The van der Waals surface area contributed by atoms with Crippen molar-refractivity contribution in [2.45, 2.75) is 19.3 Å². The molecule has 1 rings (SSSR count). The molecule has 0 saturated heterocycles. The molecule has 0 aliphatic carbocycles. The summed E-state index contributed by atoms with van der Waals surface area (Å²) < 4.78 is 11.4. The molecule has 1 N–H and O–H groups in total. The molecular formula is C12H18BrNO2. The first-order chi connectivity index (χ1) is 7.69. The molecule has 0 bridgehead atoms. The molecule has 0 amide bonds. The van der Waals surface area contributed by atoms with Gasteiger partial charge in [0.05, 0.1) is 0 Å². The van der Waals surface area contributed by atoms with Crippen molar-refractivity contribution in [1.82, 2.24) is 5.32 Å². The molecule has 0 radical (unpaired) electrons. The molecule has 0 aliphatic rings. The largest absolute Gasteiger partial charge is 0.355 e. The van der Waals surface area contributed by atoms with Gasteiger partial charge in [0.1, 0.15) is 0 Å². The highest BCUT2D eigenvalue weighted by molar-refractivity contribution is 9.10. The fraction of sp³-hybridized carbons (Fsp3) is 0.500. The van der Waals surface area contributed by atoms with Crippen molar-refractivity contribution in [2.75, 3.05) is 20.8 Å². The third-order valence-electron chi connectivity index (χ3n) is 2.49. The molecule has 3 nitrogen and oxygen atoms in total. The van der Waals surface area contributed by atoms with Crippen molar-refractivity contribution < 1.29 is 9.47 Å². The molecule has 90 valence electrons. The average molecular weight is 288 g/mol. The molecule has 4 heteroatoms. The van der Waals surface area contributed by atoms with E-state index < -0.39 is 0 Å². The Morgan fingerprint density at radius 1 is 1.25 bits per heavy atom. The van der Waals surface area contributed by atoms with Gasteiger partial charge in [-0.1, -0.05) is 34.1 Å². The first-order valence-electron chi connectivity index (χ1n) is 5.22. The maximum absolute atomic E-state index is 5.12. The van der Waals surface area contributed by atoms with E-state index in [0.29, 0.717) is 6.54 Å². The summed E-state index contributed by atoms with van der Waals surface area (Å²) >= 11 is 3.54. The third kappa shape index (κ3) is 3.87. The standard InChI is InChI=1S/C12H18BrNO2/c1-9(14-8-12(15-2)16-3)10-6-4-5-7-11(10)13/h4-7,9,12,14H,8H2,1-3H3/t9-/m1/s1. The lowest BCUT2D eigenvalue weighted by Gasteiger charge is -2.19. The average Bonchev–Trinajstić information content (AvgIpc) is 2.30. The normalized spacial score (nSPS) is 13.1. The zero-order valence-electron chi connectivity index (χ0n) is 9.87. The van der Waals surface area contributed by atoms with Crippen LogP contribution < -0.4 is 5.32 Å². The third-order valence-corrected chi connectivity index (χ3v) is 3.21. The molecule has 0 spiro atoms. The van der Waals surface area contributed by atoms with Gasteiger partial charge in [0, 0.05) is 31.3 Å². The summed E-state index contributed by atoms with van der Waals surface area (Å²) in [6, 6.07) is 8.42. The SMILES string of the molecule is COC(CN[C@H](C)c1ccccc1Br)OC. The molecule has 16 heavy (non-hydrogen) atoms. The van der Waals surface area contributed by atoms with Crippen molar-refractivity contribution in [2.24, 2.45) is 0 Å². The van der Waals surface area contributed by atoms with Crippen molar-refractivity contribution in [3.8, 4) is 0 Å². The van der Waals surface area contributed by atoms with Crippen LogP contribution in [-0.4, -0.2) is 27.1 Å². The number of ether oxygens (including phenoxy) is 2. The summed E-state index contributed by atoms with van der Waals surface area (Å²) in [6.45, 7) is 2.78. The van der Waals surface area contributed by atoms with Gasteiger partial charge < -0.3 is 14.8 Å². The summed E-state index contributed by atoms with van der Waals surface area (Å²) in [6.07, 6.45) is -0.204. The van der Waals surface area contributed by atoms with Crippen LogP contribution in [0.15, 0.2) is 28.7 Å². The van der Waals surface area contributed by atoms with Crippen LogP contribution in [0.4, 0.5) is 0 Å². The Kier molecular flexibility index (Phi) is 5.98. The zero-order chi connectivity index (χ0) is 12.0. The van der Waals surface area contributed by atoms with E-state index in [1.54, 1.807) is 14.2 Å². The van der Waals surface area contributed by atoms with Crippen LogP contribution >= 0.6 is 15.9 Å². The molecule has 0 aromatic heterocycles. The second-order valence-electron chi connectivity index (χ2n) is 3.55. The minimum Gasteiger partial charge on any atom is -0.355 e. The van der Waals surface area contributed by atoms with Crippen molar-refractivity contribution >= 4 is 15.9 Å². The Morgan fingerprint density at radius 2 is 1.88 bits per heavy atom. The van der Waals surface area contributed by atoms with E-state index >= 15 is 0 Å². The summed E-state index contributed by atoms with van der Waals surface area (Å²) in [5.41, 5.74) is 1.23. The van der Waals surface area contributed by atoms with E-state index in [4.69, 9.17) is 9.47 Å². The fourth-order valence-electron chi connectivity index (χ4n) is 1.47. The lowest BCUT2D eigenvalue weighted by molar-refractivity contribution is -0.0997. The molecule has 0 saturated carbocycles. The van der Waals surface area contributed by atoms with Gasteiger partial charge >= 0.3 is 0 Å². The Balaban J connectivity index is 2.52. The lowest BCUT2D eigenvalue weighted by Crippen LogP contribution is -2.31. The smallest absolute Gasteiger partial charge is 0.169 e. The molecule has 1 aromatic rings. The first-order valence-corrected chi connectivity index (χ1v) is 6.01. The van der Waals surface area contributed by atoms with Gasteiger partial charge in [0.15, 0.2) is 6.29 Å². The molecule has 0 unspecified atom stereocenters. The van der Waals surface area contributed by atoms with Crippen LogP contribution in [0.1, 0.15) is 18.5 Å². The van der Waals surface area contributed by atoms with E-state index in [1.807, 2.05) is 18.2 Å². The van der Waals surface area contributed by atoms with Gasteiger partial charge in [-0.15, -0.1) is 0 Å². The van der Waals surface area contributed by atoms with Crippen LogP contribution in [-0.2, 0) is 9.47 Å². The maximum Gasteiger partial charge on any atom is 0.169 e. The Labute approximate surface area is 105 Å². The van der Waals surface area contributed by atoms with Gasteiger partial charge in [-0.3, -0.25) is 0 Å². The lowest BCUT2D eigenvalue weighted by atomic mass is 10.1. The Bertz CT molecular complexity index is 316. The molecule has 1 aromatic carbocycles. The summed E-state index contributed by atoms with van der Waals surface area (Å²) in [5.74, 6) is 0. The van der Waals surface area contributed by atoms with Crippen LogP contribution in [0.3, 0.4) is 0 Å². The van der Waals surface area contributed by atoms with E-state index in [1.165, 1.54) is 5.56 Å². The molecular weight excluding hydrogens is 270 g/mol. The zero-order valence-corrected chi connectivity index (χ0v) is 11.5. The number of benzene rings is 1. The number of hydrogen-bond acceptors (Lipinski definition) is 3.